The molecule has 2 aromatic rings. The quantitative estimate of drug-likeness (QED) is 0.779. The monoisotopic (exact) mass is 391 g/mol. The minimum absolute atomic E-state index is 0.0494. The standard InChI is InChI=1S/C24H29N3O2/c1-4-26(21-10-7-8-18(2)16-21)15-13-25-24(29)17-23-22-11-6-5-9-20(22)12-14-27(23)19(3)28/h5-12,14,16,23H,4,13,15,17H2,1-3H3,(H,25,29). The zero-order valence-corrected chi connectivity index (χ0v) is 17.4. The van der Waals surface area contributed by atoms with Crippen molar-refractivity contribution in [2.24, 2.45) is 0 Å². The minimum Gasteiger partial charge on any atom is -0.370 e. The first-order valence-electron chi connectivity index (χ1n) is 10.1. The van der Waals surface area contributed by atoms with Crippen LogP contribution in [-0.2, 0) is 9.59 Å². The highest BCUT2D eigenvalue weighted by Crippen LogP contribution is 2.32. The van der Waals surface area contributed by atoms with Gasteiger partial charge in [0, 0.05) is 38.4 Å². The molecule has 2 aromatic carbocycles. The largest absolute Gasteiger partial charge is 0.370 e. The number of rotatable bonds is 7. The SMILES string of the molecule is CCN(CCNC(=O)CC1c2ccccc2C=CN1C(C)=O)c1cccc(C)c1. The fourth-order valence-electron chi connectivity index (χ4n) is 3.79. The predicted molar refractivity (Wildman–Crippen MR) is 117 cm³/mol. The van der Waals surface area contributed by atoms with E-state index in [0.717, 1.165) is 29.9 Å². The summed E-state index contributed by atoms with van der Waals surface area (Å²) >= 11 is 0. The minimum atomic E-state index is -0.271. The summed E-state index contributed by atoms with van der Waals surface area (Å²) in [6.45, 7) is 7.90. The van der Waals surface area contributed by atoms with E-state index in [9.17, 15) is 9.59 Å². The molecule has 3 rings (SSSR count). The van der Waals surface area contributed by atoms with Crippen LogP contribution in [0.25, 0.3) is 6.08 Å². The fraction of sp³-hybridized carbons (Fsp3) is 0.333. The maximum atomic E-state index is 12.7. The van der Waals surface area contributed by atoms with Crippen molar-refractivity contribution in [3.63, 3.8) is 0 Å². The molecule has 1 N–H and O–H groups in total. The Bertz CT molecular complexity index is 907. The highest BCUT2D eigenvalue weighted by molar-refractivity contribution is 5.81. The van der Waals surface area contributed by atoms with Crippen LogP contribution in [0.5, 0.6) is 0 Å². The predicted octanol–water partition coefficient (Wildman–Crippen LogP) is 3.90. The molecule has 0 radical (unpaired) electrons. The van der Waals surface area contributed by atoms with Gasteiger partial charge in [-0.15, -0.1) is 0 Å². The van der Waals surface area contributed by atoms with Gasteiger partial charge in [-0.3, -0.25) is 9.59 Å². The van der Waals surface area contributed by atoms with Crippen LogP contribution in [0.2, 0.25) is 0 Å². The van der Waals surface area contributed by atoms with E-state index in [1.165, 1.54) is 12.5 Å². The molecule has 1 aliphatic rings. The summed E-state index contributed by atoms with van der Waals surface area (Å²) in [7, 11) is 0. The van der Waals surface area contributed by atoms with Crippen LogP contribution in [0.15, 0.2) is 54.7 Å². The average molecular weight is 392 g/mol. The normalized spacial score (nSPS) is 15.0. The molecule has 2 amide bonds. The smallest absolute Gasteiger partial charge is 0.223 e. The first-order chi connectivity index (χ1) is 14.0. The number of benzene rings is 2. The lowest BCUT2D eigenvalue weighted by Gasteiger charge is -2.32. The lowest BCUT2D eigenvalue weighted by Crippen LogP contribution is -2.38. The van der Waals surface area contributed by atoms with Crippen LogP contribution in [0.1, 0.15) is 43.0 Å². The van der Waals surface area contributed by atoms with Gasteiger partial charge >= 0.3 is 0 Å². The third-order valence-electron chi connectivity index (χ3n) is 5.30. The fourth-order valence-corrected chi connectivity index (χ4v) is 3.79. The van der Waals surface area contributed by atoms with E-state index in [-0.39, 0.29) is 24.3 Å². The molecular weight excluding hydrogens is 362 g/mol. The van der Waals surface area contributed by atoms with Crippen molar-refractivity contribution < 1.29 is 9.59 Å². The second-order valence-electron chi connectivity index (χ2n) is 7.36. The van der Waals surface area contributed by atoms with E-state index in [4.69, 9.17) is 0 Å². The summed E-state index contributed by atoms with van der Waals surface area (Å²) in [5.41, 5.74) is 4.45. The van der Waals surface area contributed by atoms with Gasteiger partial charge in [-0.1, -0.05) is 36.4 Å². The van der Waals surface area contributed by atoms with Crippen molar-refractivity contribution in [2.75, 3.05) is 24.5 Å². The highest BCUT2D eigenvalue weighted by Gasteiger charge is 2.28. The van der Waals surface area contributed by atoms with Gasteiger partial charge in [0.1, 0.15) is 0 Å². The van der Waals surface area contributed by atoms with E-state index in [1.807, 2.05) is 30.3 Å². The van der Waals surface area contributed by atoms with Crippen LogP contribution in [0, 0.1) is 6.92 Å². The molecule has 152 valence electrons. The summed E-state index contributed by atoms with van der Waals surface area (Å²) in [5, 5.41) is 3.03. The van der Waals surface area contributed by atoms with E-state index in [1.54, 1.807) is 11.1 Å². The molecule has 0 saturated heterocycles. The number of aryl methyl sites for hydroxylation is 1. The Labute approximate surface area is 173 Å². The third-order valence-corrected chi connectivity index (χ3v) is 5.30. The van der Waals surface area contributed by atoms with Crippen molar-refractivity contribution in [3.05, 3.63) is 71.4 Å². The number of anilines is 1. The van der Waals surface area contributed by atoms with Gasteiger partial charge in [-0.2, -0.15) is 0 Å². The molecular formula is C24H29N3O2. The molecule has 5 heteroatoms. The summed E-state index contributed by atoms with van der Waals surface area (Å²) in [6.07, 6.45) is 3.95. The molecule has 1 unspecified atom stereocenters. The molecule has 1 atom stereocenters. The van der Waals surface area contributed by atoms with Crippen molar-refractivity contribution in [1.29, 1.82) is 0 Å². The van der Waals surface area contributed by atoms with Crippen LogP contribution in [-0.4, -0.2) is 36.3 Å². The van der Waals surface area contributed by atoms with Crippen LogP contribution < -0.4 is 10.2 Å². The number of nitrogens with zero attached hydrogens (tertiary/aromatic N) is 2. The van der Waals surface area contributed by atoms with Crippen LogP contribution in [0.4, 0.5) is 5.69 Å². The van der Waals surface area contributed by atoms with Crippen molar-refractivity contribution >= 4 is 23.6 Å². The number of carbonyl (C=O) groups excluding carboxylic acids is 2. The summed E-state index contributed by atoms with van der Waals surface area (Å²) in [5.74, 6) is -0.114. The van der Waals surface area contributed by atoms with Gasteiger partial charge in [0.15, 0.2) is 0 Å². The van der Waals surface area contributed by atoms with Crippen LogP contribution >= 0.6 is 0 Å². The number of hydrogen-bond acceptors (Lipinski definition) is 3. The molecule has 29 heavy (non-hydrogen) atoms. The summed E-state index contributed by atoms with van der Waals surface area (Å²) in [4.78, 5) is 28.6. The Hall–Kier alpha value is -3.08. The number of likely N-dealkylation sites (N-methyl/N-ethyl adjacent to an activating group) is 1. The Morgan fingerprint density at radius 2 is 1.93 bits per heavy atom. The second-order valence-corrected chi connectivity index (χ2v) is 7.36. The van der Waals surface area contributed by atoms with Gasteiger partial charge in [-0.25, -0.2) is 0 Å². The first kappa shape index (κ1) is 20.6. The van der Waals surface area contributed by atoms with E-state index in [0.29, 0.717) is 6.54 Å². The van der Waals surface area contributed by atoms with E-state index in [2.05, 4.69) is 48.3 Å². The van der Waals surface area contributed by atoms with E-state index >= 15 is 0 Å². The van der Waals surface area contributed by atoms with Gasteiger partial charge in [0.2, 0.25) is 11.8 Å². The third kappa shape index (κ3) is 5.05. The van der Waals surface area contributed by atoms with Gasteiger partial charge in [-0.05, 0) is 48.7 Å². The Morgan fingerprint density at radius 1 is 1.14 bits per heavy atom. The molecule has 0 aliphatic carbocycles. The molecule has 0 fully saturated rings. The van der Waals surface area contributed by atoms with Crippen molar-refractivity contribution in [3.8, 4) is 0 Å². The lowest BCUT2D eigenvalue weighted by molar-refractivity contribution is -0.129. The molecule has 5 nitrogen and oxygen atoms in total. The van der Waals surface area contributed by atoms with Gasteiger partial charge in [0.25, 0.3) is 0 Å². The Kier molecular flexibility index (Phi) is 6.70. The van der Waals surface area contributed by atoms with Crippen molar-refractivity contribution in [1.82, 2.24) is 10.2 Å². The molecule has 0 bridgehead atoms. The average Bonchev–Trinajstić information content (AvgIpc) is 2.71. The number of fused-ring (bicyclic) bond motifs is 1. The Balaban J connectivity index is 1.61. The first-order valence-corrected chi connectivity index (χ1v) is 10.1. The molecule has 0 saturated carbocycles. The maximum Gasteiger partial charge on any atom is 0.223 e. The van der Waals surface area contributed by atoms with Gasteiger partial charge in [0.05, 0.1) is 12.5 Å². The Morgan fingerprint density at radius 3 is 2.66 bits per heavy atom. The molecule has 0 spiro atoms. The zero-order chi connectivity index (χ0) is 20.8. The van der Waals surface area contributed by atoms with Crippen LogP contribution in [0.3, 0.4) is 0 Å². The second kappa shape index (κ2) is 9.41. The van der Waals surface area contributed by atoms with Crippen molar-refractivity contribution in [2.45, 2.75) is 33.2 Å². The molecule has 1 aliphatic heterocycles. The number of hydrogen-bond donors (Lipinski definition) is 1. The van der Waals surface area contributed by atoms with Gasteiger partial charge < -0.3 is 15.1 Å². The maximum absolute atomic E-state index is 12.7. The lowest BCUT2D eigenvalue weighted by atomic mass is 9.93. The molecule has 1 heterocycles. The number of nitrogens with one attached hydrogen (secondary N) is 1. The van der Waals surface area contributed by atoms with E-state index < -0.39 is 0 Å². The molecule has 0 aromatic heterocycles. The summed E-state index contributed by atoms with van der Waals surface area (Å²) < 4.78 is 0. The number of carbonyl (C=O) groups is 2. The topological polar surface area (TPSA) is 52.7 Å². The highest BCUT2D eigenvalue weighted by atomic mass is 16.2. The number of amides is 2. The zero-order valence-electron chi connectivity index (χ0n) is 17.4. The summed E-state index contributed by atoms with van der Waals surface area (Å²) in [6, 6.07) is 16.0.